The van der Waals surface area contributed by atoms with Crippen LogP contribution in [0.5, 0.6) is 0 Å². The van der Waals surface area contributed by atoms with Gasteiger partial charge in [0.25, 0.3) is 0 Å². The molecular weight excluding hydrogens is 150 g/mol. The second-order valence-electron chi connectivity index (χ2n) is 3.22. The van der Waals surface area contributed by atoms with Crippen LogP contribution in [0.4, 0.5) is 0 Å². The van der Waals surface area contributed by atoms with Gasteiger partial charge in [0, 0.05) is 19.1 Å². The molecule has 12 heavy (non-hydrogen) atoms. The largest absolute Gasteiger partial charge is 0.312 e. The molecule has 0 radical (unpaired) electrons. The molecule has 1 atom stereocenters. The lowest BCUT2D eigenvalue weighted by atomic mass is 10.2. The zero-order valence-electron chi connectivity index (χ0n) is 8.30. The van der Waals surface area contributed by atoms with Crippen molar-refractivity contribution in [2.45, 2.75) is 25.8 Å². The SMILES string of the molecule is CCC(CC#N)NCCN(C)C. The Bertz CT molecular complexity index is 137. The Balaban J connectivity index is 3.39. The summed E-state index contributed by atoms with van der Waals surface area (Å²) in [6.07, 6.45) is 1.64. The third-order valence-electron chi connectivity index (χ3n) is 1.82. The first-order valence-corrected chi connectivity index (χ1v) is 4.45. The van der Waals surface area contributed by atoms with Crippen molar-refractivity contribution in [3.63, 3.8) is 0 Å². The Hall–Kier alpha value is -0.590. The maximum absolute atomic E-state index is 8.48. The van der Waals surface area contributed by atoms with Crippen molar-refractivity contribution in [2.24, 2.45) is 0 Å². The third-order valence-corrected chi connectivity index (χ3v) is 1.82. The van der Waals surface area contributed by atoms with Gasteiger partial charge in [-0.2, -0.15) is 5.26 Å². The molecule has 0 aromatic heterocycles. The zero-order chi connectivity index (χ0) is 9.40. The maximum atomic E-state index is 8.48. The highest BCUT2D eigenvalue weighted by atomic mass is 15.1. The van der Waals surface area contributed by atoms with Gasteiger partial charge in [0.05, 0.1) is 12.5 Å². The molecule has 0 aromatic carbocycles. The standard InChI is InChI=1S/C9H19N3/c1-4-9(5-6-10)11-7-8-12(2)3/h9,11H,4-5,7-8H2,1-3H3. The van der Waals surface area contributed by atoms with Crippen LogP contribution in [-0.4, -0.2) is 38.1 Å². The predicted molar refractivity (Wildman–Crippen MR) is 50.9 cm³/mol. The number of nitrogens with zero attached hydrogens (tertiary/aromatic N) is 2. The minimum Gasteiger partial charge on any atom is -0.312 e. The van der Waals surface area contributed by atoms with Crippen LogP contribution >= 0.6 is 0 Å². The van der Waals surface area contributed by atoms with Crippen molar-refractivity contribution in [3.8, 4) is 6.07 Å². The molecule has 1 N–H and O–H groups in total. The van der Waals surface area contributed by atoms with E-state index >= 15 is 0 Å². The first-order valence-electron chi connectivity index (χ1n) is 4.45. The molecule has 0 saturated carbocycles. The number of nitrogens with one attached hydrogen (secondary N) is 1. The number of likely N-dealkylation sites (N-methyl/N-ethyl adjacent to an activating group) is 1. The Kier molecular flexibility index (Phi) is 6.73. The summed E-state index contributed by atoms with van der Waals surface area (Å²) in [6, 6.07) is 2.55. The van der Waals surface area contributed by atoms with Crippen molar-refractivity contribution >= 4 is 0 Å². The van der Waals surface area contributed by atoms with Crippen LogP contribution in [0, 0.1) is 11.3 Å². The lowest BCUT2D eigenvalue weighted by molar-refractivity contribution is 0.380. The molecule has 1 unspecified atom stereocenters. The summed E-state index contributed by atoms with van der Waals surface area (Å²) >= 11 is 0. The van der Waals surface area contributed by atoms with Crippen LogP contribution in [0.1, 0.15) is 19.8 Å². The van der Waals surface area contributed by atoms with Crippen molar-refractivity contribution in [3.05, 3.63) is 0 Å². The molecule has 0 aliphatic heterocycles. The topological polar surface area (TPSA) is 39.1 Å². The molecule has 0 bridgehead atoms. The molecule has 0 aliphatic carbocycles. The first-order chi connectivity index (χ1) is 5.70. The molecule has 0 amide bonds. The first kappa shape index (κ1) is 11.4. The summed E-state index contributed by atoms with van der Waals surface area (Å²) in [5.74, 6) is 0. The van der Waals surface area contributed by atoms with Gasteiger partial charge in [-0.05, 0) is 20.5 Å². The van der Waals surface area contributed by atoms with E-state index in [-0.39, 0.29) is 0 Å². The van der Waals surface area contributed by atoms with Gasteiger partial charge in [-0.15, -0.1) is 0 Å². The van der Waals surface area contributed by atoms with E-state index < -0.39 is 0 Å². The fourth-order valence-corrected chi connectivity index (χ4v) is 0.963. The Morgan fingerprint density at radius 3 is 2.58 bits per heavy atom. The Labute approximate surface area is 75.4 Å². The summed E-state index contributed by atoms with van der Waals surface area (Å²) in [4.78, 5) is 2.13. The second kappa shape index (κ2) is 7.08. The van der Waals surface area contributed by atoms with Gasteiger partial charge >= 0.3 is 0 Å². The Morgan fingerprint density at radius 2 is 2.17 bits per heavy atom. The van der Waals surface area contributed by atoms with Crippen LogP contribution in [0.15, 0.2) is 0 Å². The average molecular weight is 169 g/mol. The quantitative estimate of drug-likeness (QED) is 0.640. The van der Waals surface area contributed by atoms with Crippen LogP contribution in [0.2, 0.25) is 0 Å². The molecule has 0 fully saturated rings. The van der Waals surface area contributed by atoms with Gasteiger partial charge in [-0.3, -0.25) is 0 Å². The van der Waals surface area contributed by atoms with E-state index in [2.05, 4.69) is 23.2 Å². The fraction of sp³-hybridized carbons (Fsp3) is 0.889. The molecule has 70 valence electrons. The molecular formula is C9H19N3. The molecule has 3 nitrogen and oxygen atoms in total. The van der Waals surface area contributed by atoms with Crippen molar-refractivity contribution < 1.29 is 0 Å². The molecule has 0 aromatic rings. The highest BCUT2D eigenvalue weighted by Gasteiger charge is 2.03. The average Bonchev–Trinajstić information content (AvgIpc) is 2.02. The zero-order valence-corrected chi connectivity index (χ0v) is 8.30. The second-order valence-corrected chi connectivity index (χ2v) is 3.22. The smallest absolute Gasteiger partial charge is 0.0638 e. The molecule has 0 saturated heterocycles. The summed E-state index contributed by atoms with van der Waals surface area (Å²) in [5.41, 5.74) is 0. The molecule has 0 heterocycles. The van der Waals surface area contributed by atoms with Crippen molar-refractivity contribution in [1.82, 2.24) is 10.2 Å². The van der Waals surface area contributed by atoms with Crippen molar-refractivity contribution in [1.29, 1.82) is 5.26 Å². The summed E-state index contributed by atoms with van der Waals surface area (Å²) in [5, 5.41) is 11.8. The van der Waals surface area contributed by atoms with Crippen LogP contribution in [-0.2, 0) is 0 Å². The normalized spacial score (nSPS) is 12.9. The minimum absolute atomic E-state index is 0.370. The van der Waals surface area contributed by atoms with E-state index in [1.165, 1.54) is 0 Å². The lowest BCUT2D eigenvalue weighted by Gasteiger charge is -2.15. The highest BCUT2D eigenvalue weighted by molar-refractivity contribution is 4.79. The number of hydrogen-bond donors (Lipinski definition) is 1. The number of hydrogen-bond acceptors (Lipinski definition) is 3. The molecule has 0 rings (SSSR count). The van der Waals surface area contributed by atoms with Gasteiger partial charge in [-0.1, -0.05) is 6.92 Å². The predicted octanol–water partition coefficient (Wildman–Crippen LogP) is 0.830. The maximum Gasteiger partial charge on any atom is 0.0638 e. The minimum atomic E-state index is 0.370. The van der Waals surface area contributed by atoms with Crippen LogP contribution < -0.4 is 5.32 Å². The fourth-order valence-electron chi connectivity index (χ4n) is 0.963. The van der Waals surface area contributed by atoms with Crippen LogP contribution in [0.3, 0.4) is 0 Å². The Morgan fingerprint density at radius 1 is 1.50 bits per heavy atom. The summed E-state index contributed by atoms with van der Waals surface area (Å²) in [6.45, 7) is 4.10. The number of nitriles is 1. The molecule has 0 spiro atoms. The summed E-state index contributed by atoms with van der Waals surface area (Å²) < 4.78 is 0. The van der Waals surface area contributed by atoms with Gasteiger partial charge in [0.2, 0.25) is 0 Å². The van der Waals surface area contributed by atoms with Gasteiger partial charge < -0.3 is 10.2 Å². The summed E-state index contributed by atoms with van der Waals surface area (Å²) in [7, 11) is 4.10. The van der Waals surface area contributed by atoms with E-state index in [1.54, 1.807) is 0 Å². The van der Waals surface area contributed by atoms with E-state index in [0.717, 1.165) is 19.5 Å². The third kappa shape index (κ3) is 6.14. The molecule has 3 heteroatoms. The van der Waals surface area contributed by atoms with Crippen molar-refractivity contribution in [2.75, 3.05) is 27.2 Å². The monoisotopic (exact) mass is 169 g/mol. The van der Waals surface area contributed by atoms with Gasteiger partial charge in [0.15, 0.2) is 0 Å². The van der Waals surface area contributed by atoms with E-state index in [1.807, 2.05) is 14.1 Å². The van der Waals surface area contributed by atoms with Gasteiger partial charge in [0.1, 0.15) is 0 Å². The highest BCUT2D eigenvalue weighted by Crippen LogP contribution is 1.94. The van der Waals surface area contributed by atoms with E-state index in [9.17, 15) is 0 Å². The van der Waals surface area contributed by atoms with Crippen LogP contribution in [0.25, 0.3) is 0 Å². The van der Waals surface area contributed by atoms with E-state index in [4.69, 9.17) is 5.26 Å². The van der Waals surface area contributed by atoms with E-state index in [0.29, 0.717) is 12.5 Å². The molecule has 0 aliphatic rings. The number of rotatable bonds is 6. The van der Waals surface area contributed by atoms with Gasteiger partial charge in [-0.25, -0.2) is 0 Å². The lowest BCUT2D eigenvalue weighted by Crippen LogP contribution is -2.34.